The normalized spacial score (nSPS) is 11.9. The monoisotopic (exact) mass is 252 g/mol. The SMILES string of the molecule is CCCCCCCCOCCOS(C)(=O)=O. The van der Waals surface area contributed by atoms with Gasteiger partial charge in [-0.1, -0.05) is 39.0 Å². The van der Waals surface area contributed by atoms with E-state index in [-0.39, 0.29) is 6.61 Å². The first-order valence-electron chi connectivity index (χ1n) is 5.98. The van der Waals surface area contributed by atoms with Crippen molar-refractivity contribution in [3.63, 3.8) is 0 Å². The number of ether oxygens (including phenoxy) is 1. The van der Waals surface area contributed by atoms with Crippen LogP contribution in [-0.2, 0) is 19.0 Å². The van der Waals surface area contributed by atoms with Crippen LogP contribution in [0.2, 0.25) is 0 Å². The zero-order valence-corrected chi connectivity index (χ0v) is 11.2. The Morgan fingerprint density at radius 1 is 0.875 bits per heavy atom. The Morgan fingerprint density at radius 2 is 1.50 bits per heavy atom. The van der Waals surface area contributed by atoms with Gasteiger partial charge in [0.1, 0.15) is 0 Å². The van der Waals surface area contributed by atoms with E-state index in [0.717, 1.165) is 12.7 Å². The minimum Gasteiger partial charge on any atom is -0.379 e. The van der Waals surface area contributed by atoms with E-state index >= 15 is 0 Å². The van der Waals surface area contributed by atoms with Gasteiger partial charge in [0, 0.05) is 6.61 Å². The van der Waals surface area contributed by atoms with Crippen LogP contribution in [0, 0.1) is 0 Å². The van der Waals surface area contributed by atoms with Gasteiger partial charge < -0.3 is 4.74 Å². The molecule has 0 spiro atoms. The molecule has 0 heterocycles. The lowest BCUT2D eigenvalue weighted by Crippen LogP contribution is -2.10. The van der Waals surface area contributed by atoms with Crippen molar-refractivity contribution in [3.8, 4) is 0 Å². The first-order valence-corrected chi connectivity index (χ1v) is 7.80. The maximum Gasteiger partial charge on any atom is 0.264 e. The van der Waals surface area contributed by atoms with E-state index in [9.17, 15) is 8.42 Å². The highest BCUT2D eigenvalue weighted by atomic mass is 32.2. The molecular weight excluding hydrogens is 228 g/mol. The fourth-order valence-electron chi connectivity index (χ4n) is 1.33. The van der Waals surface area contributed by atoms with Crippen molar-refractivity contribution in [2.24, 2.45) is 0 Å². The van der Waals surface area contributed by atoms with Gasteiger partial charge in [0.25, 0.3) is 10.1 Å². The molecule has 0 amide bonds. The summed E-state index contributed by atoms with van der Waals surface area (Å²) in [6.45, 7) is 3.36. The first kappa shape index (κ1) is 15.9. The van der Waals surface area contributed by atoms with Crippen molar-refractivity contribution in [1.82, 2.24) is 0 Å². The molecule has 16 heavy (non-hydrogen) atoms. The number of rotatable bonds is 11. The summed E-state index contributed by atoms with van der Waals surface area (Å²) in [6, 6.07) is 0. The van der Waals surface area contributed by atoms with Crippen molar-refractivity contribution in [2.45, 2.75) is 45.4 Å². The maximum absolute atomic E-state index is 10.6. The third kappa shape index (κ3) is 13.9. The molecule has 5 heteroatoms. The van der Waals surface area contributed by atoms with Gasteiger partial charge in [0.2, 0.25) is 0 Å². The van der Waals surface area contributed by atoms with Crippen LogP contribution in [0.15, 0.2) is 0 Å². The first-order chi connectivity index (χ1) is 7.56. The third-order valence-corrected chi connectivity index (χ3v) is 2.76. The summed E-state index contributed by atoms with van der Waals surface area (Å²) >= 11 is 0. The van der Waals surface area contributed by atoms with Crippen molar-refractivity contribution in [2.75, 3.05) is 26.1 Å². The topological polar surface area (TPSA) is 52.6 Å². The van der Waals surface area contributed by atoms with E-state index in [1.54, 1.807) is 0 Å². The molecule has 0 saturated heterocycles. The van der Waals surface area contributed by atoms with E-state index < -0.39 is 10.1 Å². The lowest BCUT2D eigenvalue weighted by molar-refractivity contribution is 0.0993. The quantitative estimate of drug-likeness (QED) is 0.418. The highest BCUT2D eigenvalue weighted by Gasteiger charge is 2.00. The lowest BCUT2D eigenvalue weighted by Gasteiger charge is -2.04. The minimum absolute atomic E-state index is 0.120. The molecule has 0 aliphatic carbocycles. The molecule has 0 aromatic rings. The predicted molar refractivity (Wildman–Crippen MR) is 65.0 cm³/mol. The second-order valence-electron chi connectivity index (χ2n) is 3.91. The van der Waals surface area contributed by atoms with Gasteiger partial charge in [-0.3, -0.25) is 4.18 Å². The molecule has 0 N–H and O–H groups in total. The van der Waals surface area contributed by atoms with Crippen molar-refractivity contribution >= 4 is 10.1 Å². The summed E-state index contributed by atoms with van der Waals surface area (Å²) in [4.78, 5) is 0. The van der Waals surface area contributed by atoms with Gasteiger partial charge in [-0.05, 0) is 6.42 Å². The summed E-state index contributed by atoms with van der Waals surface area (Å²) in [5, 5.41) is 0. The fraction of sp³-hybridized carbons (Fsp3) is 1.00. The molecule has 0 unspecified atom stereocenters. The lowest BCUT2D eigenvalue weighted by atomic mass is 10.1. The standard InChI is InChI=1S/C11H24O4S/c1-3-4-5-6-7-8-9-14-10-11-15-16(2,12)13/h3-11H2,1-2H3. The molecule has 98 valence electrons. The molecular formula is C11H24O4S. The van der Waals surface area contributed by atoms with E-state index in [1.165, 1.54) is 32.1 Å². The average Bonchev–Trinajstić information content (AvgIpc) is 2.19. The van der Waals surface area contributed by atoms with Crippen molar-refractivity contribution in [3.05, 3.63) is 0 Å². The van der Waals surface area contributed by atoms with Gasteiger partial charge in [-0.2, -0.15) is 8.42 Å². The average molecular weight is 252 g/mol. The Bertz CT molecular complexity index is 236. The Morgan fingerprint density at radius 3 is 2.12 bits per heavy atom. The van der Waals surface area contributed by atoms with Gasteiger partial charge >= 0.3 is 0 Å². The van der Waals surface area contributed by atoms with Crippen LogP contribution >= 0.6 is 0 Å². The number of unbranched alkanes of at least 4 members (excludes halogenated alkanes) is 5. The molecule has 0 fully saturated rings. The van der Waals surface area contributed by atoms with Gasteiger partial charge in [0.15, 0.2) is 0 Å². The molecule has 0 saturated carbocycles. The molecule has 0 bridgehead atoms. The number of hydrogen-bond acceptors (Lipinski definition) is 4. The predicted octanol–water partition coefficient (Wildman–Crippen LogP) is 2.34. The van der Waals surface area contributed by atoms with Crippen LogP contribution in [0.25, 0.3) is 0 Å². The van der Waals surface area contributed by atoms with Crippen LogP contribution in [-0.4, -0.2) is 34.5 Å². The molecule has 0 aromatic carbocycles. The van der Waals surface area contributed by atoms with E-state index in [2.05, 4.69) is 11.1 Å². The third-order valence-electron chi connectivity index (χ3n) is 2.17. The second-order valence-corrected chi connectivity index (χ2v) is 5.55. The smallest absolute Gasteiger partial charge is 0.264 e. The summed E-state index contributed by atoms with van der Waals surface area (Å²) in [5.41, 5.74) is 0. The molecule has 0 rings (SSSR count). The van der Waals surface area contributed by atoms with Gasteiger partial charge in [-0.15, -0.1) is 0 Å². The highest BCUT2D eigenvalue weighted by Crippen LogP contribution is 2.04. The van der Waals surface area contributed by atoms with E-state index in [0.29, 0.717) is 13.2 Å². The van der Waals surface area contributed by atoms with Crippen molar-refractivity contribution < 1.29 is 17.3 Å². The highest BCUT2D eigenvalue weighted by molar-refractivity contribution is 7.85. The summed E-state index contributed by atoms with van der Waals surface area (Å²) < 4.78 is 31.0. The number of hydrogen-bond donors (Lipinski definition) is 0. The molecule has 4 nitrogen and oxygen atoms in total. The van der Waals surface area contributed by atoms with Crippen LogP contribution in [0.3, 0.4) is 0 Å². The van der Waals surface area contributed by atoms with E-state index in [4.69, 9.17) is 4.74 Å². The molecule has 0 aromatic heterocycles. The van der Waals surface area contributed by atoms with Crippen LogP contribution in [0.1, 0.15) is 45.4 Å². The largest absolute Gasteiger partial charge is 0.379 e. The van der Waals surface area contributed by atoms with E-state index in [1.807, 2.05) is 0 Å². The Balaban J connectivity index is 3.05. The second kappa shape index (κ2) is 10.1. The van der Waals surface area contributed by atoms with Crippen LogP contribution in [0.5, 0.6) is 0 Å². The Hall–Kier alpha value is -0.130. The Kier molecular flexibility index (Phi) is 9.97. The summed E-state index contributed by atoms with van der Waals surface area (Å²) in [7, 11) is -3.31. The molecule has 0 aliphatic heterocycles. The maximum atomic E-state index is 10.6. The minimum atomic E-state index is -3.31. The summed E-state index contributed by atoms with van der Waals surface area (Å²) in [6.07, 6.45) is 8.41. The van der Waals surface area contributed by atoms with Gasteiger partial charge in [-0.25, -0.2) is 0 Å². The molecule has 0 radical (unpaired) electrons. The zero-order chi connectivity index (χ0) is 12.3. The fourth-order valence-corrected chi connectivity index (χ4v) is 1.70. The van der Waals surface area contributed by atoms with Crippen molar-refractivity contribution in [1.29, 1.82) is 0 Å². The molecule has 0 aliphatic rings. The molecule has 0 atom stereocenters. The van der Waals surface area contributed by atoms with Crippen LogP contribution < -0.4 is 0 Å². The van der Waals surface area contributed by atoms with Gasteiger partial charge in [0.05, 0.1) is 19.5 Å². The Labute approximate surface area is 99.5 Å². The zero-order valence-electron chi connectivity index (χ0n) is 10.4. The summed E-state index contributed by atoms with van der Waals surface area (Å²) in [5.74, 6) is 0. The van der Waals surface area contributed by atoms with Crippen LogP contribution in [0.4, 0.5) is 0 Å².